The fraction of sp³-hybridized carbons (Fsp3) is 0.172. The van der Waals surface area contributed by atoms with E-state index in [1.165, 1.54) is 16.7 Å². The molecular weight excluding hydrogens is 614 g/mol. The molecular formula is C29H22BrN3O5S2. The highest BCUT2D eigenvalue weighted by Crippen LogP contribution is 2.54. The van der Waals surface area contributed by atoms with Crippen LogP contribution in [0.2, 0.25) is 0 Å². The number of para-hydroxylation sites is 1. The monoisotopic (exact) mass is 635 g/mol. The van der Waals surface area contributed by atoms with Crippen LogP contribution in [0.1, 0.15) is 21.9 Å². The minimum absolute atomic E-state index is 0.266. The average Bonchev–Trinajstić information content (AvgIpc) is 3.43. The highest BCUT2D eigenvalue weighted by atomic mass is 79.9. The number of hydrogen-bond donors (Lipinski definition) is 2. The molecule has 2 aliphatic rings. The number of thioether (sulfide) groups is 1. The first-order valence-corrected chi connectivity index (χ1v) is 14.9. The fourth-order valence-corrected chi connectivity index (χ4v) is 7.94. The normalized spacial score (nSPS) is 19.8. The number of thiazole rings is 1. The second kappa shape index (κ2) is 10.7. The Labute approximate surface area is 245 Å². The number of aryl methyl sites for hydroxylation is 1. The van der Waals surface area contributed by atoms with Crippen LogP contribution in [-0.2, 0) is 14.4 Å². The van der Waals surface area contributed by atoms with E-state index in [4.69, 9.17) is 4.74 Å². The summed E-state index contributed by atoms with van der Waals surface area (Å²) in [6, 6.07) is 21.6. The number of H-pyrrole nitrogens is 1. The zero-order valence-corrected chi connectivity index (χ0v) is 24.3. The van der Waals surface area contributed by atoms with Gasteiger partial charge in [-0.25, -0.2) is 4.90 Å². The molecule has 0 saturated carbocycles. The Bertz CT molecular complexity index is 1690. The first-order chi connectivity index (χ1) is 19.3. The molecule has 1 fully saturated rings. The number of aromatic nitrogens is 1. The molecule has 0 unspecified atom stereocenters. The van der Waals surface area contributed by atoms with Crippen molar-refractivity contribution >= 4 is 68.1 Å². The molecule has 0 aliphatic carbocycles. The molecule has 0 bridgehead atoms. The van der Waals surface area contributed by atoms with Crippen LogP contribution in [0.5, 0.6) is 5.75 Å². The van der Waals surface area contributed by atoms with Gasteiger partial charge in [-0.05, 0) is 49.4 Å². The second-order valence-corrected chi connectivity index (χ2v) is 12.6. The van der Waals surface area contributed by atoms with E-state index >= 15 is 0 Å². The van der Waals surface area contributed by atoms with Gasteiger partial charge in [0.05, 0.1) is 16.6 Å². The number of carbonyl (C=O) groups excluding carboxylic acids is 3. The summed E-state index contributed by atoms with van der Waals surface area (Å²) in [6.45, 7) is 1.70. The minimum Gasteiger partial charge on any atom is -0.483 e. The third kappa shape index (κ3) is 4.89. The van der Waals surface area contributed by atoms with Gasteiger partial charge < -0.3 is 15.0 Å². The molecule has 2 aliphatic heterocycles. The summed E-state index contributed by atoms with van der Waals surface area (Å²) in [4.78, 5) is 57.2. The maximum atomic E-state index is 13.9. The number of rotatable bonds is 6. The summed E-state index contributed by atoms with van der Waals surface area (Å²) < 4.78 is 6.75. The SMILES string of the molecule is Cc1ccc(NC(=O)COc2ccc(Br)cc2[C@@H]2c3sc(=O)[nH]c3S[C@H]3C(=O)N(c4ccccc4)C(=O)[C@@H]23)cc1. The van der Waals surface area contributed by atoms with Crippen molar-refractivity contribution in [2.24, 2.45) is 5.92 Å². The van der Waals surface area contributed by atoms with Crippen LogP contribution < -0.4 is 19.8 Å². The minimum atomic E-state index is -0.769. The zero-order valence-electron chi connectivity index (χ0n) is 21.1. The zero-order chi connectivity index (χ0) is 28.0. The van der Waals surface area contributed by atoms with E-state index in [9.17, 15) is 19.2 Å². The van der Waals surface area contributed by atoms with Crippen molar-refractivity contribution < 1.29 is 19.1 Å². The van der Waals surface area contributed by atoms with Gasteiger partial charge in [-0.2, -0.15) is 0 Å². The van der Waals surface area contributed by atoms with Crippen molar-refractivity contribution in [1.29, 1.82) is 0 Å². The number of nitrogens with zero attached hydrogens (tertiary/aromatic N) is 1. The third-order valence-corrected chi connectivity index (χ3v) is 9.73. The second-order valence-electron chi connectivity index (χ2n) is 9.48. The molecule has 0 radical (unpaired) electrons. The van der Waals surface area contributed by atoms with Gasteiger partial charge in [0.2, 0.25) is 11.8 Å². The molecule has 1 saturated heterocycles. The predicted octanol–water partition coefficient (Wildman–Crippen LogP) is 5.32. The number of anilines is 2. The summed E-state index contributed by atoms with van der Waals surface area (Å²) in [5.74, 6) is -2.03. The molecule has 1 aromatic heterocycles. The molecule has 202 valence electrons. The Morgan fingerprint density at radius 1 is 1.02 bits per heavy atom. The topological polar surface area (TPSA) is 109 Å². The number of halogens is 1. The van der Waals surface area contributed by atoms with Gasteiger partial charge in [-0.1, -0.05) is 74.9 Å². The van der Waals surface area contributed by atoms with Crippen LogP contribution in [0.15, 0.2) is 87.1 Å². The highest BCUT2D eigenvalue weighted by Gasteiger charge is 2.56. The Hall–Kier alpha value is -3.67. The molecule has 4 aromatic rings. The quantitative estimate of drug-likeness (QED) is 0.278. The van der Waals surface area contributed by atoms with Gasteiger partial charge >= 0.3 is 4.87 Å². The fourth-order valence-electron chi connectivity index (χ4n) is 5.05. The summed E-state index contributed by atoms with van der Waals surface area (Å²) in [7, 11) is 0. The molecule has 3 amide bonds. The molecule has 11 heteroatoms. The molecule has 3 atom stereocenters. The van der Waals surface area contributed by atoms with Crippen molar-refractivity contribution in [3.05, 3.63) is 103 Å². The number of ether oxygens (including phenoxy) is 1. The van der Waals surface area contributed by atoms with Gasteiger partial charge in [-0.15, -0.1) is 0 Å². The molecule has 3 heterocycles. The lowest BCUT2D eigenvalue weighted by molar-refractivity contribution is -0.122. The lowest BCUT2D eigenvalue weighted by atomic mass is 9.82. The van der Waals surface area contributed by atoms with Crippen LogP contribution in [0.4, 0.5) is 11.4 Å². The number of aromatic amines is 1. The Morgan fingerprint density at radius 2 is 1.77 bits per heavy atom. The maximum absolute atomic E-state index is 13.9. The van der Waals surface area contributed by atoms with Gasteiger partial charge in [0.1, 0.15) is 11.0 Å². The summed E-state index contributed by atoms with van der Waals surface area (Å²) >= 11 is 5.75. The number of carbonyl (C=O) groups is 3. The van der Waals surface area contributed by atoms with E-state index in [2.05, 4.69) is 26.2 Å². The first-order valence-electron chi connectivity index (χ1n) is 12.4. The van der Waals surface area contributed by atoms with Gasteiger partial charge in [0.25, 0.3) is 5.91 Å². The molecule has 2 N–H and O–H groups in total. The summed E-state index contributed by atoms with van der Waals surface area (Å²) in [6.07, 6.45) is 0. The van der Waals surface area contributed by atoms with Gasteiger partial charge in [0.15, 0.2) is 6.61 Å². The number of imide groups is 1. The van der Waals surface area contributed by atoms with E-state index in [1.54, 1.807) is 36.4 Å². The number of hydrogen-bond acceptors (Lipinski definition) is 7. The highest BCUT2D eigenvalue weighted by molar-refractivity contribution is 9.10. The van der Waals surface area contributed by atoms with E-state index in [0.29, 0.717) is 32.6 Å². The van der Waals surface area contributed by atoms with E-state index in [-0.39, 0.29) is 29.2 Å². The molecule has 8 nitrogen and oxygen atoms in total. The number of amides is 3. The number of benzene rings is 3. The van der Waals surface area contributed by atoms with Crippen molar-refractivity contribution in [2.45, 2.75) is 23.1 Å². The third-order valence-electron chi connectivity index (χ3n) is 6.84. The lowest BCUT2D eigenvalue weighted by Gasteiger charge is -2.31. The van der Waals surface area contributed by atoms with Crippen LogP contribution in [0.3, 0.4) is 0 Å². The van der Waals surface area contributed by atoms with Crippen molar-refractivity contribution in [3.63, 3.8) is 0 Å². The lowest BCUT2D eigenvalue weighted by Crippen LogP contribution is -2.32. The molecule has 6 rings (SSSR count). The average molecular weight is 637 g/mol. The molecule has 40 heavy (non-hydrogen) atoms. The predicted molar refractivity (Wildman–Crippen MR) is 158 cm³/mol. The summed E-state index contributed by atoms with van der Waals surface area (Å²) in [5, 5.41) is 2.66. The molecule has 0 spiro atoms. The Morgan fingerprint density at radius 3 is 2.52 bits per heavy atom. The van der Waals surface area contributed by atoms with Crippen molar-refractivity contribution in [2.75, 3.05) is 16.8 Å². The van der Waals surface area contributed by atoms with Crippen LogP contribution >= 0.6 is 39.0 Å². The van der Waals surface area contributed by atoms with E-state index in [0.717, 1.165) is 21.4 Å². The van der Waals surface area contributed by atoms with Crippen LogP contribution in [-0.4, -0.2) is 34.6 Å². The van der Waals surface area contributed by atoms with Gasteiger partial charge in [0, 0.05) is 26.5 Å². The Balaban J connectivity index is 1.36. The number of fused-ring (bicyclic) bond motifs is 2. The van der Waals surface area contributed by atoms with Gasteiger partial charge in [-0.3, -0.25) is 19.2 Å². The standard InChI is InChI=1S/C29H22BrN3O5S2/c1-15-7-10-17(11-8-15)31-21(34)14-38-20-12-9-16(30)13-19(20)22-23-25(39-26-24(22)40-29(37)32-26)28(36)33(27(23)35)18-5-3-2-4-6-18/h2-13,22-23,25H,14H2,1H3,(H,31,34)(H,32,37)/t22-,23-,25+/m0/s1. The van der Waals surface area contributed by atoms with Crippen molar-refractivity contribution in [1.82, 2.24) is 4.98 Å². The number of nitrogens with one attached hydrogen (secondary N) is 2. The molecule has 3 aromatic carbocycles. The van der Waals surface area contributed by atoms with Crippen LogP contribution in [0.25, 0.3) is 0 Å². The van der Waals surface area contributed by atoms with E-state index in [1.807, 2.05) is 43.3 Å². The Kier molecular flexibility index (Phi) is 7.11. The smallest absolute Gasteiger partial charge is 0.305 e. The van der Waals surface area contributed by atoms with Crippen LogP contribution in [0, 0.1) is 12.8 Å². The summed E-state index contributed by atoms with van der Waals surface area (Å²) in [5.41, 5.74) is 2.84. The maximum Gasteiger partial charge on any atom is 0.305 e. The van der Waals surface area contributed by atoms with E-state index < -0.39 is 17.1 Å². The van der Waals surface area contributed by atoms with Crippen molar-refractivity contribution in [3.8, 4) is 5.75 Å². The first kappa shape index (κ1) is 26.5. The largest absolute Gasteiger partial charge is 0.483 e.